The third-order valence-electron chi connectivity index (χ3n) is 3.35. The summed E-state index contributed by atoms with van der Waals surface area (Å²) in [5, 5.41) is 11.4. The Morgan fingerprint density at radius 2 is 2.18 bits per heavy atom. The van der Waals surface area contributed by atoms with Gasteiger partial charge in [0.25, 0.3) is 0 Å². The summed E-state index contributed by atoms with van der Waals surface area (Å²) in [5.41, 5.74) is 0. The fourth-order valence-electron chi connectivity index (χ4n) is 2.18. The van der Waals surface area contributed by atoms with E-state index in [-0.39, 0.29) is 12.5 Å². The molecule has 0 radical (unpaired) electrons. The van der Waals surface area contributed by atoms with Gasteiger partial charge in [-0.2, -0.15) is 0 Å². The average molecular weight is 242 g/mol. The Hall–Kier alpha value is -1.10. The highest BCUT2D eigenvalue weighted by molar-refractivity contribution is 5.80. The largest absolute Gasteiger partial charge is 0.480 e. The summed E-state index contributed by atoms with van der Waals surface area (Å²) in [6.07, 6.45) is 4.27. The Labute approximate surface area is 102 Å². The highest BCUT2D eigenvalue weighted by Gasteiger charge is 2.25. The van der Waals surface area contributed by atoms with Crippen molar-refractivity contribution in [2.45, 2.75) is 51.6 Å². The van der Waals surface area contributed by atoms with Crippen LogP contribution >= 0.6 is 0 Å². The molecule has 0 spiro atoms. The van der Waals surface area contributed by atoms with Crippen LogP contribution in [0.15, 0.2) is 0 Å². The SMILES string of the molecule is CCC1CCCCN1C(=O)CN[C@H](C)C(=O)O. The second kappa shape index (κ2) is 6.59. The predicted molar refractivity (Wildman–Crippen MR) is 64.7 cm³/mol. The molecule has 17 heavy (non-hydrogen) atoms. The topological polar surface area (TPSA) is 69.6 Å². The van der Waals surface area contributed by atoms with E-state index < -0.39 is 12.0 Å². The zero-order valence-electron chi connectivity index (χ0n) is 10.6. The molecule has 1 heterocycles. The van der Waals surface area contributed by atoms with E-state index in [1.54, 1.807) is 6.92 Å². The highest BCUT2D eigenvalue weighted by Crippen LogP contribution is 2.19. The van der Waals surface area contributed by atoms with E-state index in [1.165, 1.54) is 6.42 Å². The zero-order valence-corrected chi connectivity index (χ0v) is 10.6. The number of piperidine rings is 1. The molecule has 0 aliphatic carbocycles. The number of hydrogen-bond acceptors (Lipinski definition) is 3. The maximum absolute atomic E-state index is 12.0. The summed E-state index contributed by atoms with van der Waals surface area (Å²) in [5.74, 6) is -0.909. The average Bonchev–Trinajstić information content (AvgIpc) is 2.35. The Morgan fingerprint density at radius 3 is 2.76 bits per heavy atom. The summed E-state index contributed by atoms with van der Waals surface area (Å²) >= 11 is 0. The summed E-state index contributed by atoms with van der Waals surface area (Å²) in [7, 11) is 0. The zero-order chi connectivity index (χ0) is 12.8. The monoisotopic (exact) mass is 242 g/mol. The minimum absolute atomic E-state index is 0.0182. The minimum atomic E-state index is -0.927. The molecular weight excluding hydrogens is 220 g/mol. The van der Waals surface area contributed by atoms with Gasteiger partial charge in [0.05, 0.1) is 6.54 Å². The molecule has 1 unspecified atom stereocenters. The number of hydrogen-bond donors (Lipinski definition) is 2. The second-order valence-corrected chi connectivity index (χ2v) is 4.59. The van der Waals surface area contributed by atoms with Gasteiger partial charge in [0, 0.05) is 12.6 Å². The predicted octanol–water partition coefficient (Wildman–Crippen LogP) is 0.840. The van der Waals surface area contributed by atoms with Gasteiger partial charge in [-0.1, -0.05) is 6.92 Å². The normalized spacial score (nSPS) is 22.2. The maximum atomic E-state index is 12.0. The molecule has 0 aromatic rings. The first kappa shape index (κ1) is 14.0. The molecule has 98 valence electrons. The van der Waals surface area contributed by atoms with Gasteiger partial charge in [-0.15, -0.1) is 0 Å². The maximum Gasteiger partial charge on any atom is 0.320 e. The van der Waals surface area contributed by atoms with Crippen LogP contribution in [0.4, 0.5) is 0 Å². The number of nitrogens with zero attached hydrogens (tertiary/aromatic N) is 1. The summed E-state index contributed by atoms with van der Waals surface area (Å²) in [6.45, 7) is 4.55. The molecule has 1 amide bonds. The van der Waals surface area contributed by atoms with Crippen LogP contribution < -0.4 is 5.32 Å². The van der Waals surface area contributed by atoms with Gasteiger partial charge in [0.1, 0.15) is 6.04 Å². The van der Waals surface area contributed by atoms with Crippen LogP contribution in [0.1, 0.15) is 39.5 Å². The number of likely N-dealkylation sites (tertiary alicyclic amines) is 1. The van der Waals surface area contributed by atoms with Crippen molar-refractivity contribution in [1.82, 2.24) is 10.2 Å². The van der Waals surface area contributed by atoms with Gasteiger partial charge >= 0.3 is 5.97 Å². The fraction of sp³-hybridized carbons (Fsp3) is 0.833. The first-order chi connectivity index (χ1) is 8.06. The Morgan fingerprint density at radius 1 is 1.47 bits per heavy atom. The molecule has 2 N–H and O–H groups in total. The molecule has 0 saturated carbocycles. The van der Waals surface area contributed by atoms with E-state index in [2.05, 4.69) is 12.2 Å². The number of aliphatic carboxylic acids is 1. The molecule has 1 fully saturated rings. The van der Waals surface area contributed by atoms with Crippen molar-refractivity contribution < 1.29 is 14.7 Å². The van der Waals surface area contributed by atoms with E-state index in [0.29, 0.717) is 6.04 Å². The van der Waals surface area contributed by atoms with Gasteiger partial charge in [-0.3, -0.25) is 14.9 Å². The minimum Gasteiger partial charge on any atom is -0.480 e. The molecule has 1 saturated heterocycles. The van der Waals surface area contributed by atoms with Gasteiger partial charge in [0.15, 0.2) is 0 Å². The molecule has 0 aromatic heterocycles. The van der Waals surface area contributed by atoms with Crippen LogP contribution in [-0.2, 0) is 9.59 Å². The van der Waals surface area contributed by atoms with Crippen LogP contribution in [0.25, 0.3) is 0 Å². The molecule has 0 aromatic carbocycles. The first-order valence-electron chi connectivity index (χ1n) is 6.32. The number of nitrogens with one attached hydrogen (secondary N) is 1. The Kier molecular flexibility index (Phi) is 5.41. The molecule has 2 atom stereocenters. The number of carbonyl (C=O) groups is 2. The molecule has 1 rings (SSSR count). The van der Waals surface area contributed by atoms with Crippen molar-refractivity contribution in [3.63, 3.8) is 0 Å². The Bertz CT molecular complexity index is 281. The van der Waals surface area contributed by atoms with Crippen molar-refractivity contribution in [3.8, 4) is 0 Å². The van der Waals surface area contributed by atoms with E-state index >= 15 is 0 Å². The number of amides is 1. The van der Waals surface area contributed by atoms with Gasteiger partial charge in [-0.25, -0.2) is 0 Å². The summed E-state index contributed by atoms with van der Waals surface area (Å²) in [6, 6.07) is -0.345. The lowest BCUT2D eigenvalue weighted by Gasteiger charge is -2.35. The van der Waals surface area contributed by atoms with Crippen LogP contribution in [0.2, 0.25) is 0 Å². The fourth-order valence-corrected chi connectivity index (χ4v) is 2.18. The smallest absolute Gasteiger partial charge is 0.320 e. The van der Waals surface area contributed by atoms with Crippen molar-refractivity contribution in [3.05, 3.63) is 0 Å². The quantitative estimate of drug-likeness (QED) is 0.749. The van der Waals surface area contributed by atoms with Crippen molar-refractivity contribution >= 4 is 11.9 Å². The molecule has 1 aliphatic rings. The molecule has 5 nitrogen and oxygen atoms in total. The standard InChI is InChI=1S/C12H22N2O3/c1-3-10-6-4-5-7-14(10)11(15)8-13-9(2)12(16)17/h9-10,13H,3-8H2,1-2H3,(H,16,17)/t9-,10?/m1/s1. The lowest BCUT2D eigenvalue weighted by Crippen LogP contribution is -2.49. The third kappa shape index (κ3) is 4.00. The van der Waals surface area contributed by atoms with Crippen molar-refractivity contribution in [1.29, 1.82) is 0 Å². The molecule has 0 bridgehead atoms. The van der Waals surface area contributed by atoms with E-state index in [1.807, 2.05) is 4.90 Å². The lowest BCUT2D eigenvalue weighted by molar-refractivity contribution is -0.139. The van der Waals surface area contributed by atoms with Gasteiger partial charge in [0.2, 0.25) is 5.91 Å². The second-order valence-electron chi connectivity index (χ2n) is 4.59. The van der Waals surface area contributed by atoms with Crippen LogP contribution in [0.5, 0.6) is 0 Å². The van der Waals surface area contributed by atoms with Crippen LogP contribution in [0.3, 0.4) is 0 Å². The number of carboxylic acids is 1. The lowest BCUT2D eigenvalue weighted by atomic mass is 10.00. The Balaban J connectivity index is 2.42. The summed E-state index contributed by atoms with van der Waals surface area (Å²) < 4.78 is 0. The van der Waals surface area contributed by atoms with Crippen LogP contribution in [-0.4, -0.2) is 47.1 Å². The van der Waals surface area contributed by atoms with E-state index in [9.17, 15) is 9.59 Å². The number of carboxylic acid groups (broad SMARTS) is 1. The van der Waals surface area contributed by atoms with Crippen LogP contribution in [0, 0.1) is 0 Å². The van der Waals surface area contributed by atoms with E-state index in [4.69, 9.17) is 5.11 Å². The van der Waals surface area contributed by atoms with Crippen molar-refractivity contribution in [2.75, 3.05) is 13.1 Å². The van der Waals surface area contributed by atoms with Gasteiger partial charge < -0.3 is 10.0 Å². The number of carbonyl (C=O) groups excluding carboxylic acids is 1. The molecule has 5 heteroatoms. The van der Waals surface area contributed by atoms with Gasteiger partial charge in [-0.05, 0) is 32.6 Å². The van der Waals surface area contributed by atoms with Crippen molar-refractivity contribution in [2.24, 2.45) is 0 Å². The first-order valence-corrected chi connectivity index (χ1v) is 6.32. The molecular formula is C12H22N2O3. The summed E-state index contributed by atoms with van der Waals surface area (Å²) in [4.78, 5) is 24.5. The highest BCUT2D eigenvalue weighted by atomic mass is 16.4. The molecule has 1 aliphatic heterocycles. The number of rotatable bonds is 5. The third-order valence-corrected chi connectivity index (χ3v) is 3.35. The van der Waals surface area contributed by atoms with E-state index in [0.717, 1.165) is 25.8 Å².